The number of ether oxygens (including phenoxy) is 2. The van der Waals surface area contributed by atoms with Gasteiger partial charge in [-0.3, -0.25) is 0 Å². The molecule has 2 N–H and O–H groups in total. The number of hydrogen-bond donors (Lipinski definition) is 1. The Balaban J connectivity index is 1.78. The summed E-state index contributed by atoms with van der Waals surface area (Å²) >= 11 is 5.83. The predicted octanol–water partition coefficient (Wildman–Crippen LogP) is 2.62. The fourth-order valence-corrected chi connectivity index (χ4v) is 1.88. The van der Waals surface area contributed by atoms with Crippen molar-refractivity contribution in [2.75, 3.05) is 18.9 Å². The molecule has 88 valence electrons. The minimum Gasteiger partial charge on any atom is -0.398 e. The van der Waals surface area contributed by atoms with E-state index in [0.29, 0.717) is 23.9 Å². The monoisotopic (exact) mass is 241 g/mol. The van der Waals surface area contributed by atoms with Gasteiger partial charge in [-0.05, 0) is 30.5 Å². The summed E-state index contributed by atoms with van der Waals surface area (Å²) in [5.74, 6) is 0. The van der Waals surface area contributed by atoms with Crippen LogP contribution in [0.1, 0.15) is 18.4 Å². The van der Waals surface area contributed by atoms with Crippen LogP contribution in [0.25, 0.3) is 0 Å². The molecule has 0 radical (unpaired) electrons. The number of benzene rings is 1. The van der Waals surface area contributed by atoms with E-state index < -0.39 is 0 Å². The summed E-state index contributed by atoms with van der Waals surface area (Å²) in [6, 6.07) is 5.56. The van der Waals surface area contributed by atoms with Crippen LogP contribution in [0.4, 0.5) is 5.69 Å². The van der Waals surface area contributed by atoms with Gasteiger partial charge in [0, 0.05) is 6.61 Å². The largest absolute Gasteiger partial charge is 0.398 e. The van der Waals surface area contributed by atoms with Crippen molar-refractivity contribution in [2.45, 2.75) is 25.6 Å². The van der Waals surface area contributed by atoms with Gasteiger partial charge in [-0.25, -0.2) is 0 Å². The zero-order chi connectivity index (χ0) is 11.4. The van der Waals surface area contributed by atoms with Crippen LogP contribution >= 0.6 is 11.6 Å². The lowest BCUT2D eigenvalue weighted by molar-refractivity contribution is 0.0106. The highest BCUT2D eigenvalue weighted by Crippen LogP contribution is 2.20. The number of anilines is 1. The Labute approximate surface area is 100 Å². The molecular formula is C12H16ClNO2. The molecule has 4 heteroatoms. The van der Waals surface area contributed by atoms with E-state index >= 15 is 0 Å². The van der Waals surface area contributed by atoms with Gasteiger partial charge in [0.1, 0.15) is 0 Å². The molecule has 1 heterocycles. The average Bonchev–Trinajstić information content (AvgIpc) is 2.76. The summed E-state index contributed by atoms with van der Waals surface area (Å²) in [6.45, 7) is 2.08. The Kier molecular flexibility index (Phi) is 4.04. The Bertz CT molecular complexity index is 351. The SMILES string of the molecule is Nc1cc(COCC2CCCO2)ccc1Cl. The average molecular weight is 242 g/mol. The van der Waals surface area contributed by atoms with Gasteiger partial charge in [0.15, 0.2) is 0 Å². The summed E-state index contributed by atoms with van der Waals surface area (Å²) < 4.78 is 11.0. The van der Waals surface area contributed by atoms with Crippen molar-refractivity contribution in [3.05, 3.63) is 28.8 Å². The fourth-order valence-electron chi connectivity index (χ4n) is 1.77. The second-order valence-electron chi connectivity index (χ2n) is 4.01. The molecule has 0 bridgehead atoms. The van der Waals surface area contributed by atoms with Crippen molar-refractivity contribution in [3.8, 4) is 0 Å². The summed E-state index contributed by atoms with van der Waals surface area (Å²) in [6.07, 6.45) is 2.51. The third kappa shape index (κ3) is 3.11. The molecule has 0 spiro atoms. The summed E-state index contributed by atoms with van der Waals surface area (Å²) in [4.78, 5) is 0. The number of halogens is 1. The van der Waals surface area contributed by atoms with E-state index in [4.69, 9.17) is 26.8 Å². The van der Waals surface area contributed by atoms with Gasteiger partial charge in [0.25, 0.3) is 0 Å². The molecule has 0 aliphatic carbocycles. The molecule has 1 fully saturated rings. The van der Waals surface area contributed by atoms with E-state index in [1.807, 2.05) is 12.1 Å². The summed E-state index contributed by atoms with van der Waals surface area (Å²) in [5, 5.41) is 0.586. The third-order valence-corrected chi connectivity index (χ3v) is 3.00. The third-order valence-electron chi connectivity index (χ3n) is 2.66. The van der Waals surface area contributed by atoms with Gasteiger partial charge < -0.3 is 15.2 Å². The topological polar surface area (TPSA) is 44.5 Å². The van der Waals surface area contributed by atoms with Gasteiger partial charge >= 0.3 is 0 Å². The Hall–Kier alpha value is -0.770. The fraction of sp³-hybridized carbons (Fsp3) is 0.500. The van der Waals surface area contributed by atoms with Crippen LogP contribution in [0.3, 0.4) is 0 Å². The van der Waals surface area contributed by atoms with Gasteiger partial charge in [-0.15, -0.1) is 0 Å². The molecule has 1 saturated heterocycles. The summed E-state index contributed by atoms with van der Waals surface area (Å²) in [5.41, 5.74) is 7.34. The number of hydrogen-bond acceptors (Lipinski definition) is 3. The standard InChI is InChI=1S/C12H16ClNO2/c13-11-4-3-9(6-12(11)14)7-15-8-10-2-1-5-16-10/h3-4,6,10H,1-2,5,7-8,14H2. The van der Waals surface area contributed by atoms with E-state index in [1.165, 1.54) is 0 Å². The van der Waals surface area contributed by atoms with Crippen molar-refractivity contribution in [1.29, 1.82) is 0 Å². The second kappa shape index (κ2) is 5.53. The summed E-state index contributed by atoms with van der Waals surface area (Å²) in [7, 11) is 0. The highest BCUT2D eigenvalue weighted by atomic mass is 35.5. The molecule has 0 aromatic heterocycles. The first-order valence-electron chi connectivity index (χ1n) is 5.49. The zero-order valence-corrected chi connectivity index (χ0v) is 9.87. The van der Waals surface area contributed by atoms with E-state index in [9.17, 15) is 0 Å². The van der Waals surface area contributed by atoms with E-state index in [0.717, 1.165) is 25.0 Å². The van der Waals surface area contributed by atoms with E-state index in [-0.39, 0.29) is 6.10 Å². The highest BCUT2D eigenvalue weighted by molar-refractivity contribution is 6.33. The lowest BCUT2D eigenvalue weighted by Crippen LogP contribution is -2.13. The van der Waals surface area contributed by atoms with E-state index in [2.05, 4.69) is 0 Å². The predicted molar refractivity (Wildman–Crippen MR) is 64.5 cm³/mol. The van der Waals surface area contributed by atoms with Crippen LogP contribution in [-0.4, -0.2) is 19.3 Å². The van der Waals surface area contributed by atoms with Crippen LogP contribution < -0.4 is 5.73 Å². The van der Waals surface area contributed by atoms with Gasteiger partial charge in [0.05, 0.1) is 30.0 Å². The Morgan fingerprint density at radius 3 is 3.06 bits per heavy atom. The molecular weight excluding hydrogens is 226 g/mol. The molecule has 2 rings (SSSR count). The van der Waals surface area contributed by atoms with Crippen LogP contribution in [0.15, 0.2) is 18.2 Å². The normalized spacial score (nSPS) is 20.2. The maximum atomic E-state index is 5.83. The maximum Gasteiger partial charge on any atom is 0.0809 e. The van der Waals surface area contributed by atoms with Crippen LogP contribution in [0.2, 0.25) is 5.02 Å². The van der Waals surface area contributed by atoms with E-state index in [1.54, 1.807) is 6.07 Å². The smallest absolute Gasteiger partial charge is 0.0809 e. The Morgan fingerprint density at radius 1 is 1.50 bits per heavy atom. The minimum absolute atomic E-state index is 0.268. The molecule has 1 aromatic rings. The molecule has 16 heavy (non-hydrogen) atoms. The van der Waals surface area contributed by atoms with Crippen LogP contribution in [0, 0.1) is 0 Å². The van der Waals surface area contributed by atoms with Gasteiger partial charge in [-0.1, -0.05) is 17.7 Å². The second-order valence-corrected chi connectivity index (χ2v) is 4.41. The molecule has 1 unspecified atom stereocenters. The molecule has 1 aliphatic rings. The zero-order valence-electron chi connectivity index (χ0n) is 9.12. The van der Waals surface area contributed by atoms with Gasteiger partial charge in [0.2, 0.25) is 0 Å². The first-order valence-corrected chi connectivity index (χ1v) is 5.87. The number of nitrogens with two attached hydrogens (primary N) is 1. The highest BCUT2D eigenvalue weighted by Gasteiger charge is 2.15. The lowest BCUT2D eigenvalue weighted by atomic mass is 10.2. The van der Waals surface area contributed by atoms with Crippen molar-refractivity contribution >= 4 is 17.3 Å². The lowest BCUT2D eigenvalue weighted by Gasteiger charge is -2.10. The number of nitrogen functional groups attached to an aromatic ring is 1. The molecule has 3 nitrogen and oxygen atoms in total. The molecule has 1 aliphatic heterocycles. The molecule has 1 atom stereocenters. The van der Waals surface area contributed by atoms with Crippen molar-refractivity contribution in [2.24, 2.45) is 0 Å². The molecule has 1 aromatic carbocycles. The first-order chi connectivity index (χ1) is 7.75. The first kappa shape index (κ1) is 11.7. The van der Waals surface area contributed by atoms with Crippen molar-refractivity contribution in [1.82, 2.24) is 0 Å². The quantitative estimate of drug-likeness (QED) is 0.825. The van der Waals surface area contributed by atoms with Crippen LogP contribution in [0.5, 0.6) is 0 Å². The van der Waals surface area contributed by atoms with Crippen molar-refractivity contribution in [3.63, 3.8) is 0 Å². The molecule has 0 amide bonds. The number of rotatable bonds is 4. The van der Waals surface area contributed by atoms with Crippen LogP contribution in [-0.2, 0) is 16.1 Å². The van der Waals surface area contributed by atoms with Gasteiger partial charge in [-0.2, -0.15) is 0 Å². The molecule has 0 saturated carbocycles. The minimum atomic E-state index is 0.268. The maximum absolute atomic E-state index is 5.83. The Morgan fingerprint density at radius 2 is 2.38 bits per heavy atom. The van der Waals surface area contributed by atoms with Crippen molar-refractivity contribution < 1.29 is 9.47 Å².